The molecule has 3 N–H and O–H groups in total. The van der Waals surface area contributed by atoms with Crippen molar-refractivity contribution in [3.63, 3.8) is 0 Å². The van der Waals surface area contributed by atoms with Gasteiger partial charge in [-0.3, -0.25) is 4.90 Å². The standard InChI is InChI=1S/C17H23NO5/c19-14-8-12(9-15(20)16(14)21)17(22)23-10-11-4-3-7-18-6-2-1-5-13(11)18/h8-9,11,13,19-21H,1-7,10H2. The van der Waals surface area contributed by atoms with E-state index in [4.69, 9.17) is 4.74 Å². The molecule has 2 aliphatic rings. The van der Waals surface area contributed by atoms with Gasteiger partial charge in [-0.25, -0.2) is 4.79 Å². The van der Waals surface area contributed by atoms with Gasteiger partial charge in [0.25, 0.3) is 0 Å². The first-order valence-corrected chi connectivity index (χ1v) is 8.22. The molecular weight excluding hydrogens is 298 g/mol. The second-order valence-electron chi connectivity index (χ2n) is 6.46. The minimum atomic E-state index is -0.633. The van der Waals surface area contributed by atoms with Gasteiger partial charge in [0.1, 0.15) is 0 Å². The van der Waals surface area contributed by atoms with E-state index in [1.807, 2.05) is 0 Å². The Morgan fingerprint density at radius 3 is 2.52 bits per heavy atom. The fourth-order valence-corrected chi connectivity index (χ4v) is 3.76. The van der Waals surface area contributed by atoms with E-state index < -0.39 is 23.2 Å². The van der Waals surface area contributed by atoms with E-state index in [9.17, 15) is 20.1 Å². The zero-order valence-corrected chi connectivity index (χ0v) is 13.1. The zero-order chi connectivity index (χ0) is 16.4. The Balaban J connectivity index is 1.62. The molecule has 3 rings (SSSR count). The van der Waals surface area contributed by atoms with E-state index >= 15 is 0 Å². The Bertz CT molecular complexity index is 563. The van der Waals surface area contributed by atoms with Crippen LogP contribution in [0.15, 0.2) is 12.1 Å². The lowest BCUT2D eigenvalue weighted by molar-refractivity contribution is 0.00734. The van der Waals surface area contributed by atoms with Crippen molar-refractivity contribution >= 4 is 5.97 Å². The number of aromatic hydroxyl groups is 3. The normalized spacial score (nSPS) is 24.9. The van der Waals surface area contributed by atoms with Gasteiger partial charge in [0.2, 0.25) is 0 Å². The molecule has 1 aromatic carbocycles. The van der Waals surface area contributed by atoms with Gasteiger partial charge in [0.05, 0.1) is 12.2 Å². The van der Waals surface area contributed by atoms with Gasteiger partial charge < -0.3 is 20.1 Å². The Morgan fingerprint density at radius 1 is 1.09 bits per heavy atom. The topological polar surface area (TPSA) is 90.2 Å². The molecule has 126 valence electrons. The minimum absolute atomic E-state index is 0.0362. The number of piperidine rings is 2. The summed E-state index contributed by atoms with van der Waals surface area (Å²) in [6.07, 6.45) is 5.81. The number of hydrogen-bond donors (Lipinski definition) is 3. The molecule has 0 saturated carbocycles. The number of phenolic OH excluding ortho intramolecular Hbond substituents is 3. The molecule has 0 amide bonds. The first kappa shape index (κ1) is 15.9. The summed E-state index contributed by atoms with van der Waals surface area (Å²) in [5, 5.41) is 28.3. The molecule has 2 fully saturated rings. The van der Waals surface area contributed by atoms with Crippen molar-refractivity contribution in [1.29, 1.82) is 0 Å². The predicted octanol–water partition coefficient (Wildman–Crippen LogP) is 2.22. The predicted molar refractivity (Wildman–Crippen MR) is 83.7 cm³/mol. The summed E-state index contributed by atoms with van der Waals surface area (Å²) in [4.78, 5) is 14.6. The first-order chi connectivity index (χ1) is 11.1. The highest BCUT2D eigenvalue weighted by Crippen LogP contribution is 2.36. The number of carbonyl (C=O) groups excluding carboxylic acids is 1. The molecule has 0 bridgehead atoms. The Labute approximate surface area is 135 Å². The largest absolute Gasteiger partial charge is 0.504 e. The molecule has 2 heterocycles. The average molecular weight is 321 g/mol. The van der Waals surface area contributed by atoms with Crippen LogP contribution in [-0.2, 0) is 4.74 Å². The third-order valence-electron chi connectivity index (χ3n) is 4.96. The molecule has 2 atom stereocenters. The molecule has 0 aliphatic carbocycles. The van der Waals surface area contributed by atoms with E-state index in [-0.39, 0.29) is 5.56 Å². The molecule has 2 unspecified atom stereocenters. The monoisotopic (exact) mass is 321 g/mol. The molecule has 2 saturated heterocycles. The van der Waals surface area contributed by atoms with Gasteiger partial charge in [-0.2, -0.15) is 0 Å². The van der Waals surface area contributed by atoms with Crippen LogP contribution >= 0.6 is 0 Å². The molecule has 6 heteroatoms. The molecule has 6 nitrogen and oxygen atoms in total. The summed E-state index contributed by atoms with van der Waals surface area (Å²) >= 11 is 0. The summed E-state index contributed by atoms with van der Waals surface area (Å²) < 4.78 is 5.40. The number of rotatable bonds is 3. The summed E-state index contributed by atoms with van der Waals surface area (Å²) in [5.74, 6) is -1.95. The number of hydrogen-bond acceptors (Lipinski definition) is 6. The summed E-state index contributed by atoms with van der Waals surface area (Å²) in [6, 6.07) is 2.70. The number of ether oxygens (including phenoxy) is 1. The van der Waals surface area contributed by atoms with Gasteiger partial charge in [-0.1, -0.05) is 6.42 Å². The highest BCUT2D eigenvalue weighted by molar-refractivity contribution is 5.91. The van der Waals surface area contributed by atoms with E-state index in [0.717, 1.165) is 44.5 Å². The number of carbonyl (C=O) groups is 1. The Morgan fingerprint density at radius 2 is 1.78 bits per heavy atom. The lowest BCUT2D eigenvalue weighted by Gasteiger charge is -2.44. The number of nitrogens with zero attached hydrogens (tertiary/aromatic N) is 1. The van der Waals surface area contributed by atoms with Crippen LogP contribution in [0.2, 0.25) is 0 Å². The number of fused-ring (bicyclic) bond motifs is 1. The SMILES string of the molecule is O=C(OCC1CCCN2CCCCC12)c1cc(O)c(O)c(O)c1. The van der Waals surface area contributed by atoms with Crippen molar-refractivity contribution in [3.8, 4) is 17.2 Å². The third-order valence-corrected chi connectivity index (χ3v) is 4.96. The summed E-state index contributed by atoms with van der Waals surface area (Å²) in [6.45, 7) is 2.62. The maximum atomic E-state index is 12.1. The fraction of sp³-hybridized carbons (Fsp3) is 0.588. The quantitative estimate of drug-likeness (QED) is 0.584. The second kappa shape index (κ2) is 6.66. The lowest BCUT2D eigenvalue weighted by Crippen LogP contribution is -2.49. The second-order valence-corrected chi connectivity index (χ2v) is 6.46. The maximum Gasteiger partial charge on any atom is 0.338 e. The van der Waals surface area contributed by atoms with Crippen LogP contribution in [0.3, 0.4) is 0 Å². The molecule has 23 heavy (non-hydrogen) atoms. The van der Waals surface area contributed by atoms with Crippen LogP contribution < -0.4 is 0 Å². The minimum Gasteiger partial charge on any atom is -0.504 e. The van der Waals surface area contributed by atoms with Crippen molar-refractivity contribution in [1.82, 2.24) is 4.90 Å². The molecule has 0 spiro atoms. The summed E-state index contributed by atoms with van der Waals surface area (Å²) in [7, 11) is 0. The van der Waals surface area contributed by atoms with Crippen LogP contribution in [0.4, 0.5) is 0 Å². The molecule has 0 aromatic heterocycles. The van der Waals surface area contributed by atoms with Crippen LogP contribution in [-0.4, -0.2) is 51.9 Å². The zero-order valence-electron chi connectivity index (χ0n) is 13.1. The van der Waals surface area contributed by atoms with E-state index in [1.54, 1.807) is 0 Å². The van der Waals surface area contributed by atoms with Gasteiger partial charge in [0.15, 0.2) is 17.2 Å². The highest BCUT2D eigenvalue weighted by atomic mass is 16.5. The molecular formula is C17H23NO5. The van der Waals surface area contributed by atoms with Crippen LogP contribution in [0.5, 0.6) is 17.2 Å². The molecule has 1 aromatic rings. The number of phenols is 3. The van der Waals surface area contributed by atoms with E-state index in [1.165, 1.54) is 12.8 Å². The van der Waals surface area contributed by atoms with Crippen molar-refractivity contribution in [3.05, 3.63) is 17.7 Å². The molecule has 2 aliphatic heterocycles. The van der Waals surface area contributed by atoms with Crippen LogP contribution in [0.1, 0.15) is 42.5 Å². The molecule has 0 radical (unpaired) electrons. The smallest absolute Gasteiger partial charge is 0.338 e. The van der Waals surface area contributed by atoms with Crippen LogP contribution in [0, 0.1) is 5.92 Å². The Hall–Kier alpha value is -1.95. The first-order valence-electron chi connectivity index (χ1n) is 8.22. The van der Waals surface area contributed by atoms with Crippen LogP contribution in [0.25, 0.3) is 0 Å². The average Bonchev–Trinajstić information content (AvgIpc) is 2.57. The fourth-order valence-electron chi connectivity index (χ4n) is 3.76. The van der Waals surface area contributed by atoms with E-state index in [2.05, 4.69) is 4.90 Å². The lowest BCUT2D eigenvalue weighted by atomic mass is 9.84. The van der Waals surface area contributed by atoms with Gasteiger partial charge in [0, 0.05) is 12.0 Å². The van der Waals surface area contributed by atoms with Gasteiger partial charge in [-0.05, 0) is 50.9 Å². The maximum absolute atomic E-state index is 12.1. The Kier molecular flexibility index (Phi) is 4.61. The number of benzene rings is 1. The summed E-state index contributed by atoms with van der Waals surface area (Å²) in [5.41, 5.74) is 0.0362. The van der Waals surface area contributed by atoms with Gasteiger partial charge in [-0.15, -0.1) is 0 Å². The van der Waals surface area contributed by atoms with Crippen molar-refractivity contribution < 1.29 is 24.9 Å². The highest BCUT2D eigenvalue weighted by Gasteiger charge is 2.33. The third kappa shape index (κ3) is 3.37. The van der Waals surface area contributed by atoms with Gasteiger partial charge >= 0.3 is 5.97 Å². The van der Waals surface area contributed by atoms with E-state index in [0.29, 0.717) is 18.6 Å². The van der Waals surface area contributed by atoms with Crippen molar-refractivity contribution in [2.75, 3.05) is 19.7 Å². The van der Waals surface area contributed by atoms with Crippen molar-refractivity contribution in [2.24, 2.45) is 5.92 Å². The number of esters is 1. The van der Waals surface area contributed by atoms with Crippen molar-refractivity contribution in [2.45, 2.75) is 38.1 Å².